The van der Waals surface area contributed by atoms with Gasteiger partial charge >= 0.3 is 0 Å². The lowest BCUT2D eigenvalue weighted by atomic mass is 10.2. The second-order valence-electron chi connectivity index (χ2n) is 6.51. The maximum absolute atomic E-state index is 12.2. The van der Waals surface area contributed by atoms with Crippen molar-refractivity contribution in [3.8, 4) is 0 Å². The molecule has 27 heavy (non-hydrogen) atoms. The van der Waals surface area contributed by atoms with Crippen molar-refractivity contribution in [3.63, 3.8) is 0 Å². The van der Waals surface area contributed by atoms with Gasteiger partial charge in [0.1, 0.15) is 0 Å². The molecule has 144 valence electrons. The number of hydrogen-bond acceptors (Lipinski definition) is 7. The molecule has 1 N–H and O–H groups in total. The summed E-state index contributed by atoms with van der Waals surface area (Å²) in [6.07, 6.45) is 7.62. The van der Waals surface area contributed by atoms with E-state index in [0.29, 0.717) is 18.1 Å². The Morgan fingerprint density at radius 1 is 1.22 bits per heavy atom. The summed E-state index contributed by atoms with van der Waals surface area (Å²) in [4.78, 5) is 29.1. The van der Waals surface area contributed by atoms with Gasteiger partial charge in [-0.1, -0.05) is 0 Å². The zero-order valence-corrected chi connectivity index (χ0v) is 15.7. The molecule has 1 aliphatic heterocycles. The van der Waals surface area contributed by atoms with Crippen molar-refractivity contribution in [1.82, 2.24) is 25.2 Å². The number of ether oxygens (including phenoxy) is 1. The van der Waals surface area contributed by atoms with Crippen LogP contribution in [-0.2, 0) is 11.2 Å². The van der Waals surface area contributed by atoms with Gasteiger partial charge in [-0.3, -0.25) is 14.7 Å². The van der Waals surface area contributed by atoms with E-state index in [2.05, 4.69) is 25.2 Å². The Morgan fingerprint density at radius 2 is 1.93 bits per heavy atom. The van der Waals surface area contributed by atoms with E-state index in [1.54, 1.807) is 24.8 Å². The van der Waals surface area contributed by atoms with Crippen molar-refractivity contribution in [2.45, 2.75) is 6.42 Å². The Hall–Kier alpha value is -2.58. The van der Waals surface area contributed by atoms with E-state index in [0.717, 1.165) is 45.8 Å². The van der Waals surface area contributed by atoms with Crippen LogP contribution in [0.2, 0.25) is 0 Å². The molecule has 0 radical (unpaired) electrons. The molecule has 0 saturated carbocycles. The molecular weight excluding hydrogens is 344 g/mol. The molecule has 1 aliphatic rings. The van der Waals surface area contributed by atoms with Gasteiger partial charge < -0.3 is 15.0 Å². The fourth-order valence-corrected chi connectivity index (χ4v) is 2.84. The molecule has 1 saturated heterocycles. The van der Waals surface area contributed by atoms with Gasteiger partial charge in [-0.05, 0) is 24.1 Å². The third kappa shape index (κ3) is 5.97. The van der Waals surface area contributed by atoms with Gasteiger partial charge in [0.15, 0.2) is 0 Å². The van der Waals surface area contributed by atoms with Crippen LogP contribution in [0.1, 0.15) is 15.9 Å². The topological polar surface area (TPSA) is 83.5 Å². The van der Waals surface area contributed by atoms with Crippen molar-refractivity contribution in [1.29, 1.82) is 0 Å². The van der Waals surface area contributed by atoms with Crippen molar-refractivity contribution in [3.05, 3.63) is 48.0 Å². The summed E-state index contributed by atoms with van der Waals surface area (Å²) in [6.45, 7) is 5.57. The highest BCUT2D eigenvalue weighted by molar-refractivity contribution is 5.93. The fraction of sp³-hybridized carbons (Fsp3) is 0.474. The summed E-state index contributed by atoms with van der Waals surface area (Å²) >= 11 is 0. The minimum Gasteiger partial charge on any atom is -0.379 e. The second-order valence-corrected chi connectivity index (χ2v) is 6.51. The molecule has 0 aliphatic carbocycles. The first-order valence-corrected chi connectivity index (χ1v) is 9.23. The standard InChI is InChI=1S/C19H26N6O2/c1-24(8-4-16-2-5-20-6-3-16)19-22-14-17(15-23-19)18(26)21-7-9-25-10-12-27-13-11-25/h2-3,5-6,14-15H,4,7-13H2,1H3,(H,21,26). The quantitative estimate of drug-likeness (QED) is 0.729. The minimum atomic E-state index is -0.144. The monoisotopic (exact) mass is 370 g/mol. The van der Waals surface area contributed by atoms with E-state index in [1.165, 1.54) is 5.56 Å². The Balaban J connectivity index is 1.43. The van der Waals surface area contributed by atoms with Crippen LogP contribution in [-0.4, -0.2) is 78.7 Å². The van der Waals surface area contributed by atoms with E-state index in [1.807, 2.05) is 24.1 Å². The number of amides is 1. The number of aromatic nitrogens is 3. The number of hydrogen-bond donors (Lipinski definition) is 1. The Kier molecular flexibility index (Phi) is 7.06. The van der Waals surface area contributed by atoms with Gasteiger partial charge in [0.25, 0.3) is 5.91 Å². The number of carbonyl (C=O) groups is 1. The van der Waals surface area contributed by atoms with Gasteiger partial charge in [-0.2, -0.15) is 0 Å². The zero-order valence-electron chi connectivity index (χ0n) is 15.7. The lowest BCUT2D eigenvalue weighted by molar-refractivity contribution is 0.0383. The number of likely N-dealkylation sites (N-methyl/N-ethyl adjacent to an activating group) is 1. The van der Waals surface area contributed by atoms with Crippen molar-refractivity contribution in [2.75, 3.05) is 57.9 Å². The highest BCUT2D eigenvalue weighted by Gasteiger charge is 2.12. The third-order valence-electron chi connectivity index (χ3n) is 4.54. The van der Waals surface area contributed by atoms with Gasteiger partial charge in [-0.25, -0.2) is 9.97 Å². The lowest BCUT2D eigenvalue weighted by Gasteiger charge is -2.26. The lowest BCUT2D eigenvalue weighted by Crippen LogP contribution is -2.41. The molecule has 1 fully saturated rings. The largest absolute Gasteiger partial charge is 0.379 e. The second kappa shape index (κ2) is 9.94. The SMILES string of the molecule is CN(CCc1ccncc1)c1ncc(C(=O)NCCN2CCOCC2)cn1. The van der Waals surface area contributed by atoms with E-state index in [4.69, 9.17) is 4.74 Å². The van der Waals surface area contributed by atoms with Gasteiger partial charge in [0, 0.05) is 64.6 Å². The molecule has 3 rings (SSSR count). The van der Waals surface area contributed by atoms with Gasteiger partial charge in [0.2, 0.25) is 5.95 Å². The highest BCUT2D eigenvalue weighted by atomic mass is 16.5. The number of nitrogens with zero attached hydrogens (tertiary/aromatic N) is 5. The van der Waals surface area contributed by atoms with Crippen molar-refractivity contribution in [2.24, 2.45) is 0 Å². The fourth-order valence-electron chi connectivity index (χ4n) is 2.84. The number of anilines is 1. The number of carbonyl (C=O) groups excluding carboxylic acids is 1. The van der Waals surface area contributed by atoms with Crippen LogP contribution in [0.3, 0.4) is 0 Å². The molecule has 8 heteroatoms. The molecule has 8 nitrogen and oxygen atoms in total. The third-order valence-corrected chi connectivity index (χ3v) is 4.54. The van der Waals surface area contributed by atoms with E-state index >= 15 is 0 Å². The Bertz CT molecular complexity index is 704. The number of morpholine rings is 1. The summed E-state index contributed by atoms with van der Waals surface area (Å²) in [6, 6.07) is 4.00. The van der Waals surface area contributed by atoms with E-state index in [9.17, 15) is 4.79 Å². The Morgan fingerprint density at radius 3 is 2.63 bits per heavy atom. The average Bonchev–Trinajstić information content (AvgIpc) is 2.73. The first-order valence-electron chi connectivity index (χ1n) is 9.23. The van der Waals surface area contributed by atoms with Gasteiger partial charge in [0.05, 0.1) is 18.8 Å². The molecule has 1 amide bonds. The van der Waals surface area contributed by atoms with Crippen LogP contribution in [0.4, 0.5) is 5.95 Å². The smallest absolute Gasteiger partial charge is 0.254 e. The first-order chi connectivity index (χ1) is 13.2. The molecule has 0 unspecified atom stereocenters. The van der Waals surface area contributed by atoms with Crippen LogP contribution < -0.4 is 10.2 Å². The van der Waals surface area contributed by atoms with Crippen molar-refractivity contribution < 1.29 is 9.53 Å². The average molecular weight is 370 g/mol. The summed E-state index contributed by atoms with van der Waals surface area (Å²) in [5, 5.41) is 2.92. The molecule has 0 spiro atoms. The molecule has 0 atom stereocenters. The van der Waals surface area contributed by atoms with Gasteiger partial charge in [-0.15, -0.1) is 0 Å². The minimum absolute atomic E-state index is 0.144. The number of pyridine rings is 1. The molecule has 3 heterocycles. The predicted octanol–water partition coefficient (Wildman–Crippen LogP) is 0.613. The first kappa shape index (κ1) is 19.2. The van der Waals surface area contributed by atoms with Crippen LogP contribution in [0.25, 0.3) is 0 Å². The van der Waals surface area contributed by atoms with Crippen molar-refractivity contribution >= 4 is 11.9 Å². The summed E-state index contributed by atoms with van der Waals surface area (Å²) in [5.74, 6) is 0.461. The van der Waals surface area contributed by atoms with Crippen LogP contribution in [0, 0.1) is 0 Å². The number of rotatable bonds is 8. The summed E-state index contributed by atoms with van der Waals surface area (Å²) < 4.78 is 5.32. The zero-order chi connectivity index (χ0) is 18.9. The molecule has 0 bridgehead atoms. The Labute approximate surface area is 159 Å². The summed E-state index contributed by atoms with van der Waals surface area (Å²) in [5.41, 5.74) is 1.69. The normalized spacial score (nSPS) is 14.7. The molecular formula is C19H26N6O2. The molecule has 2 aromatic heterocycles. The maximum atomic E-state index is 12.2. The van der Waals surface area contributed by atoms with Crippen LogP contribution in [0.5, 0.6) is 0 Å². The molecule has 2 aromatic rings. The maximum Gasteiger partial charge on any atom is 0.254 e. The van der Waals surface area contributed by atoms with E-state index < -0.39 is 0 Å². The van der Waals surface area contributed by atoms with Crippen LogP contribution >= 0.6 is 0 Å². The van der Waals surface area contributed by atoms with E-state index in [-0.39, 0.29) is 5.91 Å². The molecule has 0 aromatic carbocycles. The predicted molar refractivity (Wildman–Crippen MR) is 103 cm³/mol. The number of nitrogens with one attached hydrogen (secondary N) is 1. The van der Waals surface area contributed by atoms with Crippen LogP contribution in [0.15, 0.2) is 36.9 Å². The summed E-state index contributed by atoms with van der Waals surface area (Å²) in [7, 11) is 1.94. The highest BCUT2D eigenvalue weighted by Crippen LogP contribution is 2.07.